The Morgan fingerprint density at radius 3 is 1.09 bits per heavy atom. The van der Waals surface area contributed by atoms with Crippen molar-refractivity contribution in [2.45, 2.75) is 195 Å². The van der Waals surface area contributed by atoms with E-state index in [1.807, 2.05) is 0 Å². The van der Waals surface area contributed by atoms with Crippen LogP contribution in [-0.2, 0) is 32.3 Å². The van der Waals surface area contributed by atoms with Gasteiger partial charge in [-0.2, -0.15) is 0 Å². The van der Waals surface area contributed by atoms with Crippen molar-refractivity contribution < 1.29 is 19.1 Å². The second kappa shape index (κ2) is 36.5. The van der Waals surface area contributed by atoms with Gasteiger partial charge in [-0.25, -0.2) is 0 Å². The molecule has 0 aromatic heterocycles. The number of hydrogen-bond acceptors (Lipinski definition) is 6. The number of carbonyl (C=O) groups is 2. The van der Waals surface area contributed by atoms with Gasteiger partial charge in [-0.05, 0) is 112 Å². The zero-order chi connectivity index (χ0) is 41.7. The Morgan fingerprint density at radius 2 is 0.724 bits per heavy atom. The molecule has 58 heavy (non-hydrogen) atoms. The van der Waals surface area contributed by atoms with Crippen LogP contribution in [0.4, 0.5) is 0 Å². The highest BCUT2D eigenvalue weighted by atomic mass is 16.5. The van der Waals surface area contributed by atoms with Gasteiger partial charge in [0.1, 0.15) is 13.2 Å². The molecule has 0 unspecified atom stereocenters. The normalized spacial score (nSPS) is 11.6. The maximum Gasteiger partial charge on any atom is 0.158 e. The summed E-state index contributed by atoms with van der Waals surface area (Å²) >= 11 is 0. The molecule has 0 spiro atoms. The maximum absolute atomic E-state index is 12.8. The lowest BCUT2D eigenvalue weighted by Crippen LogP contribution is -2.28. The summed E-state index contributed by atoms with van der Waals surface area (Å²) in [6, 6.07) is 16.7. The first-order chi connectivity index (χ1) is 28.5. The summed E-state index contributed by atoms with van der Waals surface area (Å²) in [7, 11) is 0. The van der Waals surface area contributed by atoms with E-state index in [4.69, 9.17) is 9.47 Å². The van der Waals surface area contributed by atoms with Crippen molar-refractivity contribution in [1.29, 1.82) is 0 Å². The average molecular weight is 805 g/mol. The standard InChI is InChI=1S/C52H88N2O4/c1-5-9-13-17-19-23-37-53(35-21-15-11-7-3)39-27-33-51(55)45-57-43-47-29-25-31-49(41-47)50-32-26-30-48(42-50)44-58-46-52(56)34-28-40-54(36-22-16-12-8-4)38-24-20-18-14-10-6-2/h25-26,29-32,41-42H,5-24,27-28,33-40,43-46H2,1-4H3. The number of hydrogen-bond donors (Lipinski definition) is 0. The number of nitrogens with zero attached hydrogens (tertiary/aromatic N) is 2. The Hall–Kier alpha value is -2.38. The zero-order valence-electron chi connectivity index (χ0n) is 38.2. The molecule has 2 rings (SSSR count). The number of Topliss-reactive ketones (excluding diaryl/α,β-unsaturated/α-hetero) is 2. The molecule has 0 radical (unpaired) electrons. The Labute approximate surface area is 357 Å². The third-order valence-corrected chi connectivity index (χ3v) is 11.4. The molecule has 2 aromatic carbocycles. The molecule has 0 saturated carbocycles. The van der Waals surface area contributed by atoms with E-state index < -0.39 is 0 Å². The van der Waals surface area contributed by atoms with E-state index in [1.165, 1.54) is 128 Å². The number of rotatable bonds is 41. The molecule has 0 amide bonds. The Balaban J connectivity index is 1.72. The van der Waals surface area contributed by atoms with Gasteiger partial charge in [0.2, 0.25) is 0 Å². The van der Waals surface area contributed by atoms with Crippen molar-refractivity contribution >= 4 is 11.6 Å². The summed E-state index contributed by atoms with van der Waals surface area (Å²) in [4.78, 5) is 30.7. The molecule has 0 bridgehead atoms. The predicted octanol–water partition coefficient (Wildman–Crippen LogP) is 13.6. The van der Waals surface area contributed by atoms with Crippen molar-refractivity contribution in [3.8, 4) is 11.1 Å². The maximum atomic E-state index is 12.8. The quantitative estimate of drug-likeness (QED) is 0.0624. The van der Waals surface area contributed by atoms with Crippen molar-refractivity contribution in [2.24, 2.45) is 0 Å². The topological polar surface area (TPSA) is 59.1 Å². The highest BCUT2D eigenvalue weighted by Gasteiger charge is 2.11. The summed E-state index contributed by atoms with van der Waals surface area (Å²) in [5.74, 6) is 0.382. The van der Waals surface area contributed by atoms with Crippen molar-refractivity contribution in [3.63, 3.8) is 0 Å². The minimum Gasteiger partial charge on any atom is -0.369 e. The van der Waals surface area contributed by atoms with E-state index >= 15 is 0 Å². The molecule has 0 aliphatic heterocycles. The van der Waals surface area contributed by atoms with Crippen molar-refractivity contribution in [2.75, 3.05) is 52.5 Å². The van der Waals surface area contributed by atoms with Crippen LogP contribution in [0.3, 0.4) is 0 Å². The summed E-state index contributed by atoms with van der Waals surface area (Å²) in [5.41, 5.74) is 4.33. The van der Waals surface area contributed by atoms with Crippen LogP contribution in [0, 0.1) is 0 Å². The lowest BCUT2D eigenvalue weighted by Gasteiger charge is -2.22. The third-order valence-electron chi connectivity index (χ3n) is 11.4. The number of ether oxygens (including phenoxy) is 2. The largest absolute Gasteiger partial charge is 0.369 e. The van der Waals surface area contributed by atoms with Gasteiger partial charge in [0, 0.05) is 12.8 Å². The smallest absolute Gasteiger partial charge is 0.158 e. The first kappa shape index (κ1) is 51.8. The average Bonchev–Trinajstić information content (AvgIpc) is 3.23. The molecule has 2 aromatic rings. The van der Waals surface area contributed by atoms with E-state index in [-0.39, 0.29) is 24.8 Å². The van der Waals surface area contributed by atoms with Crippen LogP contribution in [0.2, 0.25) is 0 Å². The summed E-state index contributed by atoms with van der Waals surface area (Å²) in [5, 5.41) is 0. The van der Waals surface area contributed by atoms with Crippen LogP contribution in [0.1, 0.15) is 193 Å². The molecule has 0 heterocycles. The highest BCUT2D eigenvalue weighted by molar-refractivity contribution is 5.80. The molecule has 0 aliphatic carbocycles. The number of ketones is 2. The van der Waals surface area contributed by atoms with Crippen molar-refractivity contribution in [1.82, 2.24) is 9.80 Å². The third kappa shape index (κ3) is 27.4. The van der Waals surface area contributed by atoms with Crippen LogP contribution in [0.5, 0.6) is 0 Å². The fraction of sp³-hybridized carbons (Fsp3) is 0.731. The fourth-order valence-corrected chi connectivity index (χ4v) is 7.82. The predicted molar refractivity (Wildman–Crippen MR) is 248 cm³/mol. The fourth-order valence-electron chi connectivity index (χ4n) is 7.82. The van der Waals surface area contributed by atoms with Gasteiger partial charge < -0.3 is 19.3 Å². The van der Waals surface area contributed by atoms with Crippen LogP contribution in [0.25, 0.3) is 11.1 Å². The first-order valence-corrected chi connectivity index (χ1v) is 24.3. The van der Waals surface area contributed by atoms with E-state index in [0.717, 1.165) is 74.4 Å². The zero-order valence-corrected chi connectivity index (χ0v) is 38.2. The Morgan fingerprint density at radius 1 is 0.414 bits per heavy atom. The molecule has 0 atom stereocenters. The van der Waals surface area contributed by atoms with Crippen LogP contribution in [-0.4, -0.2) is 73.8 Å². The molecule has 6 nitrogen and oxygen atoms in total. The van der Waals surface area contributed by atoms with Gasteiger partial charge in [0.15, 0.2) is 11.6 Å². The summed E-state index contributed by atoms with van der Waals surface area (Å²) in [6.07, 6.45) is 29.1. The van der Waals surface area contributed by atoms with Gasteiger partial charge >= 0.3 is 0 Å². The molecular formula is C52H88N2O4. The van der Waals surface area contributed by atoms with Gasteiger partial charge in [0.05, 0.1) is 13.2 Å². The van der Waals surface area contributed by atoms with E-state index in [0.29, 0.717) is 26.1 Å². The van der Waals surface area contributed by atoms with Crippen LogP contribution >= 0.6 is 0 Å². The monoisotopic (exact) mass is 805 g/mol. The summed E-state index contributed by atoms with van der Waals surface area (Å²) in [6.45, 7) is 16.9. The molecule has 0 fully saturated rings. The molecule has 0 N–H and O–H groups in total. The second-order valence-corrected chi connectivity index (χ2v) is 17.0. The minimum absolute atomic E-state index is 0.167. The lowest BCUT2D eigenvalue weighted by molar-refractivity contribution is -0.124. The number of benzene rings is 2. The molecular weight excluding hydrogens is 717 g/mol. The van der Waals surface area contributed by atoms with Crippen LogP contribution < -0.4 is 0 Å². The Kier molecular flexibility index (Phi) is 32.5. The van der Waals surface area contributed by atoms with E-state index in [1.54, 1.807) is 0 Å². The SMILES string of the molecule is CCCCCCCCN(CCCCCC)CCCC(=O)COCc1cccc(-c2cccc(COCC(=O)CCCN(CCCCCC)CCCCCCCC)c2)c1. The highest BCUT2D eigenvalue weighted by Crippen LogP contribution is 2.23. The van der Waals surface area contributed by atoms with Gasteiger partial charge in [-0.1, -0.05) is 167 Å². The van der Waals surface area contributed by atoms with Crippen LogP contribution in [0.15, 0.2) is 48.5 Å². The lowest BCUT2D eigenvalue weighted by atomic mass is 10.0. The van der Waals surface area contributed by atoms with Gasteiger partial charge in [-0.15, -0.1) is 0 Å². The first-order valence-electron chi connectivity index (χ1n) is 24.3. The molecule has 0 saturated heterocycles. The number of unbranched alkanes of at least 4 members (excludes halogenated alkanes) is 16. The molecule has 6 heteroatoms. The molecule has 0 aliphatic rings. The van der Waals surface area contributed by atoms with Gasteiger partial charge in [0.25, 0.3) is 0 Å². The number of carbonyl (C=O) groups excluding carboxylic acids is 2. The van der Waals surface area contributed by atoms with E-state index in [2.05, 4.69) is 86.0 Å². The second-order valence-electron chi connectivity index (χ2n) is 17.0. The van der Waals surface area contributed by atoms with Gasteiger partial charge in [-0.3, -0.25) is 9.59 Å². The molecule has 330 valence electrons. The van der Waals surface area contributed by atoms with Crippen molar-refractivity contribution in [3.05, 3.63) is 59.7 Å². The minimum atomic E-state index is 0.167. The summed E-state index contributed by atoms with van der Waals surface area (Å²) < 4.78 is 11.8. The Bertz CT molecular complexity index is 1180. The van der Waals surface area contributed by atoms with E-state index in [9.17, 15) is 9.59 Å².